The van der Waals surface area contributed by atoms with Crippen molar-refractivity contribution in [1.82, 2.24) is 4.90 Å². The van der Waals surface area contributed by atoms with Crippen molar-refractivity contribution in [3.8, 4) is 0 Å². The van der Waals surface area contributed by atoms with Gasteiger partial charge in [0.25, 0.3) is 0 Å². The molecular formula is C10H21NO3Si. The predicted molar refractivity (Wildman–Crippen MR) is 60.0 cm³/mol. The van der Waals surface area contributed by atoms with Gasteiger partial charge in [0, 0.05) is 19.2 Å². The summed E-state index contributed by atoms with van der Waals surface area (Å²) in [6, 6.07) is 0. The van der Waals surface area contributed by atoms with E-state index < -0.39 is 8.56 Å². The Morgan fingerprint density at radius 2 is 2.13 bits per heavy atom. The highest BCUT2D eigenvalue weighted by Gasteiger charge is 2.41. The molecular weight excluding hydrogens is 210 g/mol. The quantitative estimate of drug-likeness (QED) is 0.576. The second kappa shape index (κ2) is 4.51. The Kier molecular flexibility index (Phi) is 3.47. The van der Waals surface area contributed by atoms with Crippen molar-refractivity contribution >= 4 is 8.56 Å². The Bertz CT molecular complexity index is 229. The monoisotopic (exact) mass is 231 g/mol. The average Bonchev–Trinajstić information content (AvgIpc) is 2.16. The Morgan fingerprint density at radius 3 is 2.93 bits per heavy atom. The number of hydrogen-bond donors (Lipinski definition) is 0. The zero-order valence-electron chi connectivity index (χ0n) is 9.86. The largest absolute Gasteiger partial charge is 0.390 e. The molecule has 2 heterocycles. The van der Waals surface area contributed by atoms with Crippen LogP contribution < -0.4 is 0 Å². The summed E-state index contributed by atoms with van der Waals surface area (Å²) in [5.41, 5.74) is 0. The van der Waals surface area contributed by atoms with E-state index in [4.69, 9.17) is 13.6 Å². The van der Waals surface area contributed by atoms with E-state index in [1.165, 1.54) is 0 Å². The molecule has 0 saturated carbocycles. The maximum absolute atomic E-state index is 6.09. The molecule has 88 valence electrons. The van der Waals surface area contributed by atoms with E-state index >= 15 is 0 Å². The molecule has 2 saturated heterocycles. The minimum Gasteiger partial charge on any atom is -0.390 e. The fraction of sp³-hybridized carbons (Fsp3) is 1.00. The first kappa shape index (κ1) is 11.5. The van der Waals surface area contributed by atoms with Crippen molar-refractivity contribution in [1.29, 1.82) is 0 Å². The zero-order valence-corrected chi connectivity index (χ0v) is 10.9. The first-order valence-electron chi connectivity index (χ1n) is 5.69. The van der Waals surface area contributed by atoms with Crippen LogP contribution in [0.25, 0.3) is 0 Å². The van der Waals surface area contributed by atoms with Crippen LogP contribution in [0.4, 0.5) is 0 Å². The summed E-state index contributed by atoms with van der Waals surface area (Å²) in [7, 11) is 0.0907. The first-order valence-corrected chi connectivity index (χ1v) is 8.22. The molecule has 0 aromatic rings. The maximum atomic E-state index is 6.09. The smallest absolute Gasteiger partial charge is 0.362 e. The average molecular weight is 231 g/mol. The van der Waals surface area contributed by atoms with Gasteiger partial charge >= 0.3 is 8.56 Å². The van der Waals surface area contributed by atoms with Crippen LogP contribution in [0.5, 0.6) is 0 Å². The van der Waals surface area contributed by atoms with Gasteiger partial charge in [-0.3, -0.25) is 0 Å². The van der Waals surface area contributed by atoms with Crippen molar-refractivity contribution < 1.29 is 13.6 Å². The van der Waals surface area contributed by atoms with E-state index in [0.29, 0.717) is 12.8 Å². The molecule has 0 amide bonds. The van der Waals surface area contributed by atoms with Gasteiger partial charge in [0.15, 0.2) is 0 Å². The molecule has 2 fully saturated rings. The van der Waals surface area contributed by atoms with Crippen molar-refractivity contribution in [2.24, 2.45) is 0 Å². The Morgan fingerprint density at radius 1 is 1.33 bits per heavy atom. The van der Waals surface area contributed by atoms with Crippen LogP contribution in [-0.2, 0) is 13.6 Å². The SMILES string of the molecule is CC1CCN(C)CC2COC[Si](C)(O1)O2. The molecule has 2 bridgehead atoms. The van der Waals surface area contributed by atoms with E-state index in [0.717, 1.165) is 19.5 Å². The van der Waals surface area contributed by atoms with Crippen LogP contribution in [0.1, 0.15) is 13.3 Å². The Labute approximate surface area is 92.7 Å². The molecule has 0 aromatic heterocycles. The number of nitrogens with zero attached hydrogens (tertiary/aromatic N) is 1. The molecule has 4 nitrogen and oxygen atoms in total. The van der Waals surface area contributed by atoms with Crippen molar-refractivity contribution in [3.63, 3.8) is 0 Å². The third-order valence-electron chi connectivity index (χ3n) is 2.97. The van der Waals surface area contributed by atoms with Gasteiger partial charge in [-0.15, -0.1) is 0 Å². The van der Waals surface area contributed by atoms with Gasteiger partial charge in [-0.2, -0.15) is 0 Å². The fourth-order valence-corrected chi connectivity index (χ4v) is 4.77. The van der Waals surface area contributed by atoms with Crippen LogP contribution in [0.15, 0.2) is 0 Å². The van der Waals surface area contributed by atoms with Gasteiger partial charge in [0.05, 0.1) is 18.9 Å². The van der Waals surface area contributed by atoms with E-state index in [9.17, 15) is 0 Å². The standard InChI is InChI=1S/C10H21NO3Si/c1-9-4-5-11(2)6-10-7-12-8-15(3,13-9)14-10/h9-10H,4-8H2,1-3H3. The Balaban J connectivity index is 2.08. The highest BCUT2D eigenvalue weighted by molar-refractivity contribution is 6.66. The van der Waals surface area contributed by atoms with Crippen LogP contribution in [0.2, 0.25) is 6.55 Å². The summed E-state index contributed by atoms with van der Waals surface area (Å²) < 4.78 is 17.7. The topological polar surface area (TPSA) is 30.9 Å². The number of rotatable bonds is 0. The molecule has 2 rings (SSSR count). The molecule has 5 heteroatoms. The van der Waals surface area contributed by atoms with Crippen LogP contribution >= 0.6 is 0 Å². The summed E-state index contributed by atoms with van der Waals surface area (Å²) in [6.45, 7) is 6.99. The van der Waals surface area contributed by atoms with E-state index in [2.05, 4.69) is 25.4 Å². The minimum absolute atomic E-state index is 0.200. The first-order chi connectivity index (χ1) is 7.07. The summed E-state index contributed by atoms with van der Waals surface area (Å²) in [4.78, 5) is 2.30. The lowest BCUT2D eigenvalue weighted by Gasteiger charge is -2.37. The summed E-state index contributed by atoms with van der Waals surface area (Å²) in [6.07, 6.45) is 2.24. The minimum atomic E-state index is -2.04. The van der Waals surface area contributed by atoms with Gasteiger partial charge < -0.3 is 18.5 Å². The molecule has 3 atom stereocenters. The van der Waals surface area contributed by atoms with E-state index in [1.807, 2.05) is 0 Å². The molecule has 0 aromatic carbocycles. The van der Waals surface area contributed by atoms with Gasteiger partial charge in [-0.1, -0.05) is 0 Å². The molecule has 3 unspecified atom stereocenters. The van der Waals surface area contributed by atoms with E-state index in [1.54, 1.807) is 0 Å². The summed E-state index contributed by atoms with van der Waals surface area (Å²) in [5, 5.41) is 0. The highest BCUT2D eigenvalue weighted by Crippen LogP contribution is 2.21. The lowest BCUT2D eigenvalue weighted by Crippen LogP contribution is -2.54. The van der Waals surface area contributed by atoms with Gasteiger partial charge in [0.1, 0.15) is 0 Å². The maximum Gasteiger partial charge on any atom is 0.362 e. The highest BCUT2D eigenvalue weighted by atomic mass is 28.4. The normalized spacial score (nSPS) is 44.2. The molecule has 2 aliphatic rings. The molecule has 2 aliphatic heterocycles. The van der Waals surface area contributed by atoms with Gasteiger partial charge in [0.2, 0.25) is 0 Å². The van der Waals surface area contributed by atoms with Gasteiger partial charge in [-0.05, 0) is 26.9 Å². The van der Waals surface area contributed by atoms with Crippen LogP contribution in [0.3, 0.4) is 0 Å². The molecule has 0 radical (unpaired) electrons. The van der Waals surface area contributed by atoms with Gasteiger partial charge in [-0.25, -0.2) is 0 Å². The summed E-state index contributed by atoms with van der Waals surface area (Å²) in [5.74, 6) is 0. The number of likely N-dealkylation sites (N-methyl/N-ethyl adjacent to an activating group) is 1. The molecule has 0 N–H and O–H groups in total. The van der Waals surface area contributed by atoms with Crippen molar-refractivity contribution in [2.45, 2.75) is 32.1 Å². The van der Waals surface area contributed by atoms with Crippen molar-refractivity contribution in [2.75, 3.05) is 33.0 Å². The second-order valence-electron chi connectivity index (χ2n) is 4.87. The zero-order chi connectivity index (χ0) is 10.9. The predicted octanol–water partition coefficient (Wildman–Crippen LogP) is 0.754. The lowest BCUT2D eigenvalue weighted by atomic mass is 10.2. The van der Waals surface area contributed by atoms with Crippen LogP contribution in [-0.4, -0.2) is 58.6 Å². The van der Waals surface area contributed by atoms with E-state index in [-0.39, 0.29) is 12.2 Å². The molecule has 15 heavy (non-hydrogen) atoms. The molecule has 0 spiro atoms. The lowest BCUT2D eigenvalue weighted by molar-refractivity contribution is -0.0273. The fourth-order valence-electron chi connectivity index (χ4n) is 2.27. The third-order valence-corrected chi connectivity index (χ3v) is 5.43. The second-order valence-corrected chi connectivity index (χ2v) is 7.90. The summed E-state index contributed by atoms with van der Waals surface area (Å²) >= 11 is 0. The number of fused-ring (bicyclic) bond motifs is 2. The number of hydrogen-bond acceptors (Lipinski definition) is 4. The number of ether oxygens (including phenoxy) is 1. The van der Waals surface area contributed by atoms with Crippen LogP contribution in [0, 0.1) is 0 Å². The molecule has 0 aliphatic carbocycles. The third kappa shape index (κ3) is 3.01. The van der Waals surface area contributed by atoms with Crippen molar-refractivity contribution in [3.05, 3.63) is 0 Å². The Hall–Kier alpha value is 0.0569.